The van der Waals surface area contributed by atoms with Gasteiger partial charge in [-0.25, -0.2) is 0 Å². The Morgan fingerprint density at radius 1 is 0.935 bits per heavy atom. The normalized spacial score (nSPS) is 32.8. The molecule has 0 atom stereocenters. The number of hydrogen-bond acceptors (Lipinski definition) is 4. The Morgan fingerprint density at radius 2 is 1.45 bits per heavy atom. The molecule has 5 aliphatic rings. The van der Waals surface area contributed by atoms with Crippen molar-refractivity contribution in [1.82, 2.24) is 20.0 Å². The Balaban J connectivity index is 1.24. The van der Waals surface area contributed by atoms with Gasteiger partial charge in [-0.05, 0) is 77.0 Å². The summed E-state index contributed by atoms with van der Waals surface area (Å²) < 4.78 is 0. The van der Waals surface area contributed by atoms with E-state index < -0.39 is 0 Å². The SMILES string of the molecule is CN(CC(=O)NC(C)(C)C)C(=O)CN1CCN(C(=O)C23CC4CC(CC(C4)C2)C3)CC1. The molecule has 0 unspecified atom stereocenters. The molecule has 0 radical (unpaired) electrons. The highest BCUT2D eigenvalue weighted by Gasteiger charge is 2.55. The standard InChI is InChI=1S/C24H40N4O3/c1-23(2,3)25-20(29)15-26(4)21(30)16-27-5-7-28(8-6-27)22(31)24-12-17-9-18(13-24)11-19(10-17)14-24/h17-19H,5-16H2,1-4H3,(H,25,29). The Labute approximate surface area is 186 Å². The zero-order chi connectivity index (χ0) is 22.4. The van der Waals surface area contributed by atoms with Crippen LogP contribution in [0.25, 0.3) is 0 Å². The lowest BCUT2D eigenvalue weighted by molar-refractivity contribution is -0.159. The van der Waals surface area contributed by atoms with Crippen LogP contribution in [0.15, 0.2) is 0 Å². The highest BCUT2D eigenvalue weighted by molar-refractivity contribution is 5.86. The molecule has 4 bridgehead atoms. The summed E-state index contributed by atoms with van der Waals surface area (Å²) in [5.41, 5.74) is -0.381. The number of amides is 3. The maximum atomic E-state index is 13.5. The number of hydrogen-bond donors (Lipinski definition) is 1. The summed E-state index contributed by atoms with van der Waals surface area (Å²) in [7, 11) is 1.68. The molecule has 0 aromatic rings. The summed E-state index contributed by atoms with van der Waals surface area (Å²) in [5, 5.41) is 2.89. The van der Waals surface area contributed by atoms with Crippen LogP contribution >= 0.6 is 0 Å². The molecule has 5 fully saturated rings. The van der Waals surface area contributed by atoms with E-state index in [1.54, 1.807) is 7.05 Å². The molecule has 174 valence electrons. The third kappa shape index (κ3) is 5.07. The lowest BCUT2D eigenvalue weighted by Gasteiger charge is -2.57. The summed E-state index contributed by atoms with van der Waals surface area (Å²) >= 11 is 0. The fourth-order valence-electron chi connectivity index (χ4n) is 6.89. The summed E-state index contributed by atoms with van der Waals surface area (Å²) in [6.07, 6.45) is 7.38. The Kier molecular flexibility index (Phi) is 6.10. The number of likely N-dealkylation sites (N-methyl/N-ethyl adjacent to an activating group) is 1. The highest BCUT2D eigenvalue weighted by Crippen LogP contribution is 2.60. The molecule has 1 heterocycles. The molecule has 1 saturated heterocycles. The van der Waals surface area contributed by atoms with E-state index in [4.69, 9.17) is 0 Å². The summed E-state index contributed by atoms with van der Waals surface area (Å²) in [6, 6.07) is 0. The molecule has 1 N–H and O–H groups in total. The van der Waals surface area contributed by atoms with Gasteiger partial charge in [0.15, 0.2) is 0 Å². The minimum absolute atomic E-state index is 0.0510. The zero-order valence-corrected chi connectivity index (χ0v) is 19.8. The van der Waals surface area contributed by atoms with Gasteiger partial charge < -0.3 is 15.1 Å². The van der Waals surface area contributed by atoms with Gasteiger partial charge in [-0.3, -0.25) is 19.3 Å². The first-order chi connectivity index (χ1) is 14.5. The van der Waals surface area contributed by atoms with Crippen molar-refractivity contribution in [3.8, 4) is 0 Å². The average molecular weight is 433 g/mol. The van der Waals surface area contributed by atoms with Gasteiger partial charge in [0, 0.05) is 38.8 Å². The minimum Gasteiger partial charge on any atom is -0.350 e. The van der Waals surface area contributed by atoms with Crippen molar-refractivity contribution in [3.05, 3.63) is 0 Å². The first-order valence-corrected chi connectivity index (χ1v) is 12.1. The van der Waals surface area contributed by atoms with Gasteiger partial charge in [0.1, 0.15) is 0 Å². The number of carbonyl (C=O) groups excluding carboxylic acids is 3. The molecule has 7 heteroatoms. The third-order valence-electron chi connectivity index (χ3n) is 7.83. The monoisotopic (exact) mass is 432 g/mol. The van der Waals surface area contributed by atoms with Crippen LogP contribution in [-0.2, 0) is 14.4 Å². The van der Waals surface area contributed by atoms with Gasteiger partial charge >= 0.3 is 0 Å². The fraction of sp³-hybridized carbons (Fsp3) is 0.875. The molecule has 0 aromatic heterocycles. The van der Waals surface area contributed by atoms with Crippen LogP contribution in [0.2, 0.25) is 0 Å². The molecule has 1 aliphatic heterocycles. The van der Waals surface area contributed by atoms with Crippen LogP contribution in [0.3, 0.4) is 0 Å². The smallest absolute Gasteiger partial charge is 0.240 e. The Morgan fingerprint density at radius 3 is 1.94 bits per heavy atom. The average Bonchev–Trinajstić information content (AvgIpc) is 2.65. The van der Waals surface area contributed by atoms with Crippen molar-refractivity contribution >= 4 is 17.7 Å². The van der Waals surface area contributed by atoms with Crippen molar-refractivity contribution in [2.24, 2.45) is 23.2 Å². The van der Waals surface area contributed by atoms with E-state index >= 15 is 0 Å². The molecular formula is C24H40N4O3. The van der Waals surface area contributed by atoms with E-state index in [-0.39, 0.29) is 29.3 Å². The summed E-state index contributed by atoms with van der Waals surface area (Å²) in [4.78, 5) is 43.9. The molecule has 0 spiro atoms. The lowest BCUT2D eigenvalue weighted by Crippen LogP contribution is -2.58. The predicted octanol–water partition coefficient (Wildman–Crippen LogP) is 1.72. The third-order valence-corrected chi connectivity index (χ3v) is 7.83. The van der Waals surface area contributed by atoms with Crippen LogP contribution < -0.4 is 5.32 Å². The number of rotatable bonds is 5. The Bertz CT molecular complexity index is 686. The number of nitrogens with zero attached hydrogens (tertiary/aromatic N) is 3. The summed E-state index contributed by atoms with van der Waals surface area (Å²) in [5.74, 6) is 2.54. The number of piperazine rings is 1. The second-order valence-electron chi connectivity index (χ2n) is 11.8. The molecule has 4 aliphatic carbocycles. The number of nitrogens with one attached hydrogen (secondary N) is 1. The van der Waals surface area contributed by atoms with Crippen LogP contribution in [-0.4, -0.2) is 84.3 Å². The van der Waals surface area contributed by atoms with Crippen LogP contribution in [0.1, 0.15) is 59.3 Å². The van der Waals surface area contributed by atoms with Gasteiger partial charge in [-0.1, -0.05) is 0 Å². The van der Waals surface area contributed by atoms with Gasteiger partial charge in [0.2, 0.25) is 17.7 Å². The van der Waals surface area contributed by atoms with Gasteiger partial charge in [0.25, 0.3) is 0 Å². The van der Waals surface area contributed by atoms with Crippen molar-refractivity contribution in [1.29, 1.82) is 0 Å². The lowest BCUT2D eigenvalue weighted by atomic mass is 9.49. The molecule has 7 nitrogen and oxygen atoms in total. The molecule has 0 aromatic carbocycles. The first kappa shape index (κ1) is 22.6. The summed E-state index contributed by atoms with van der Waals surface area (Å²) in [6.45, 7) is 9.03. The van der Waals surface area contributed by atoms with Gasteiger partial charge in [-0.15, -0.1) is 0 Å². The van der Waals surface area contributed by atoms with E-state index in [0.29, 0.717) is 25.5 Å². The molecule has 3 amide bonds. The van der Waals surface area contributed by atoms with Crippen LogP contribution in [0.5, 0.6) is 0 Å². The Hall–Kier alpha value is -1.63. The first-order valence-electron chi connectivity index (χ1n) is 12.1. The predicted molar refractivity (Wildman–Crippen MR) is 119 cm³/mol. The number of carbonyl (C=O) groups is 3. The van der Waals surface area contributed by atoms with Crippen molar-refractivity contribution in [3.63, 3.8) is 0 Å². The van der Waals surface area contributed by atoms with E-state index in [9.17, 15) is 14.4 Å². The quantitative estimate of drug-likeness (QED) is 0.718. The second-order valence-corrected chi connectivity index (χ2v) is 11.8. The van der Waals surface area contributed by atoms with Crippen molar-refractivity contribution < 1.29 is 14.4 Å². The van der Waals surface area contributed by atoms with E-state index in [0.717, 1.165) is 50.1 Å². The van der Waals surface area contributed by atoms with Gasteiger partial charge in [-0.2, -0.15) is 0 Å². The van der Waals surface area contributed by atoms with E-state index in [1.165, 1.54) is 24.2 Å². The molecule has 5 rings (SSSR count). The second kappa shape index (κ2) is 8.38. The van der Waals surface area contributed by atoms with E-state index in [1.807, 2.05) is 20.8 Å². The van der Waals surface area contributed by atoms with Crippen molar-refractivity contribution in [2.75, 3.05) is 46.3 Å². The molecular weight excluding hydrogens is 392 g/mol. The largest absolute Gasteiger partial charge is 0.350 e. The zero-order valence-electron chi connectivity index (χ0n) is 19.8. The minimum atomic E-state index is -0.305. The van der Waals surface area contributed by atoms with E-state index in [2.05, 4.69) is 15.1 Å². The maximum Gasteiger partial charge on any atom is 0.240 e. The molecule has 4 saturated carbocycles. The maximum absolute atomic E-state index is 13.5. The van der Waals surface area contributed by atoms with Crippen LogP contribution in [0, 0.1) is 23.2 Å². The highest BCUT2D eigenvalue weighted by atomic mass is 16.2. The topological polar surface area (TPSA) is 73.0 Å². The van der Waals surface area contributed by atoms with Crippen LogP contribution in [0.4, 0.5) is 0 Å². The van der Waals surface area contributed by atoms with Gasteiger partial charge in [0.05, 0.1) is 18.5 Å². The molecule has 31 heavy (non-hydrogen) atoms. The fourth-order valence-corrected chi connectivity index (χ4v) is 6.89. The van der Waals surface area contributed by atoms with Crippen molar-refractivity contribution in [2.45, 2.75) is 64.8 Å².